The smallest absolute Gasteiger partial charge is 0.232 e. The molecule has 1 fully saturated rings. The molecule has 8 nitrogen and oxygen atoms in total. The molecule has 0 atom stereocenters. The van der Waals surface area contributed by atoms with Gasteiger partial charge in [0.1, 0.15) is 23.8 Å². The molecule has 0 saturated heterocycles. The van der Waals surface area contributed by atoms with Gasteiger partial charge in [-0.1, -0.05) is 19.0 Å². The van der Waals surface area contributed by atoms with Crippen LogP contribution in [0.1, 0.15) is 50.2 Å². The molecule has 5 rings (SSSR count). The molecule has 1 aromatic heterocycles. The predicted molar refractivity (Wildman–Crippen MR) is 149 cm³/mol. The number of anilines is 1. The lowest BCUT2D eigenvalue weighted by molar-refractivity contribution is 0.136. The van der Waals surface area contributed by atoms with E-state index in [2.05, 4.69) is 35.3 Å². The van der Waals surface area contributed by atoms with E-state index in [1.165, 1.54) is 22.7 Å². The van der Waals surface area contributed by atoms with Gasteiger partial charge in [0, 0.05) is 23.6 Å². The zero-order valence-corrected chi connectivity index (χ0v) is 23.0. The number of nitrogens with one attached hydrogen (secondary N) is 1. The minimum atomic E-state index is -3.53. The first-order chi connectivity index (χ1) is 18.3. The van der Waals surface area contributed by atoms with Gasteiger partial charge in [-0.25, -0.2) is 12.8 Å². The van der Waals surface area contributed by atoms with Crippen LogP contribution in [-0.4, -0.2) is 64.7 Å². The van der Waals surface area contributed by atoms with Crippen molar-refractivity contribution in [1.82, 2.24) is 10.2 Å². The maximum absolute atomic E-state index is 13.7. The van der Waals surface area contributed by atoms with Crippen molar-refractivity contribution in [1.29, 1.82) is 0 Å². The summed E-state index contributed by atoms with van der Waals surface area (Å²) in [6.07, 6.45) is 4.01. The van der Waals surface area contributed by atoms with Gasteiger partial charge in [0.05, 0.1) is 24.1 Å². The summed E-state index contributed by atoms with van der Waals surface area (Å²) in [6, 6.07) is 10.0. The maximum Gasteiger partial charge on any atom is 0.232 e. The molecule has 1 N–H and O–H groups in total. The van der Waals surface area contributed by atoms with E-state index in [0.29, 0.717) is 48.1 Å². The molecule has 1 saturated carbocycles. The van der Waals surface area contributed by atoms with Crippen molar-refractivity contribution in [2.45, 2.75) is 39.0 Å². The zero-order chi connectivity index (χ0) is 26.9. The van der Waals surface area contributed by atoms with Gasteiger partial charge in [-0.2, -0.15) is 0 Å². The summed E-state index contributed by atoms with van der Waals surface area (Å²) in [4.78, 5) is 7.67. The number of rotatable bonds is 11. The molecule has 0 radical (unpaired) electrons. The third-order valence-electron chi connectivity index (χ3n) is 7.24. The van der Waals surface area contributed by atoms with Gasteiger partial charge >= 0.3 is 0 Å². The van der Waals surface area contributed by atoms with Gasteiger partial charge in [-0.3, -0.25) is 4.31 Å². The van der Waals surface area contributed by atoms with Crippen LogP contribution < -0.4 is 9.62 Å². The monoisotopic (exact) mass is 542 g/mol. The van der Waals surface area contributed by atoms with Crippen LogP contribution in [0.5, 0.6) is 0 Å². The van der Waals surface area contributed by atoms with Gasteiger partial charge < -0.3 is 19.5 Å². The van der Waals surface area contributed by atoms with Crippen LogP contribution in [0.25, 0.3) is 22.3 Å². The molecule has 0 bridgehead atoms. The van der Waals surface area contributed by atoms with E-state index >= 15 is 0 Å². The number of amidine groups is 1. The summed E-state index contributed by atoms with van der Waals surface area (Å²) in [6.45, 7) is 8.35. The SMILES string of the molecule is CCN(CC)CCCN(c1cc2oc(-c3ccc(F)cc3)c(C3=NOCCN3)c2cc1C1CC1)S(C)(=O)=O. The quantitative estimate of drug-likeness (QED) is 0.371. The van der Waals surface area contributed by atoms with Crippen molar-refractivity contribution in [3.05, 3.63) is 53.3 Å². The van der Waals surface area contributed by atoms with Crippen molar-refractivity contribution in [3.63, 3.8) is 0 Å². The lowest BCUT2D eigenvalue weighted by Crippen LogP contribution is -2.34. The maximum atomic E-state index is 13.7. The molecule has 10 heteroatoms. The topological polar surface area (TPSA) is 87.4 Å². The Morgan fingerprint density at radius 1 is 1.11 bits per heavy atom. The number of sulfonamides is 1. The Morgan fingerprint density at radius 3 is 2.45 bits per heavy atom. The molecule has 0 amide bonds. The van der Waals surface area contributed by atoms with Crippen molar-refractivity contribution < 1.29 is 22.1 Å². The number of hydrogen-bond donors (Lipinski definition) is 1. The molecule has 3 aromatic rings. The van der Waals surface area contributed by atoms with Gasteiger partial charge in [-0.05, 0) is 80.7 Å². The van der Waals surface area contributed by atoms with Crippen LogP contribution in [0.4, 0.5) is 10.1 Å². The van der Waals surface area contributed by atoms with Crippen molar-refractivity contribution in [2.24, 2.45) is 5.16 Å². The second-order valence-electron chi connectivity index (χ2n) is 9.91. The molecule has 0 unspecified atom stereocenters. The molecular weight excluding hydrogens is 507 g/mol. The van der Waals surface area contributed by atoms with Crippen molar-refractivity contribution in [2.75, 3.05) is 49.9 Å². The first-order valence-corrected chi connectivity index (χ1v) is 15.2. The number of nitrogens with zero attached hydrogens (tertiary/aromatic N) is 3. The minimum Gasteiger partial charge on any atom is -0.455 e. The summed E-state index contributed by atoms with van der Waals surface area (Å²) in [5.74, 6) is 1.02. The van der Waals surface area contributed by atoms with Crippen molar-refractivity contribution in [3.8, 4) is 11.3 Å². The molecule has 204 valence electrons. The third-order valence-corrected chi connectivity index (χ3v) is 8.42. The van der Waals surface area contributed by atoms with Gasteiger partial charge in [0.25, 0.3) is 0 Å². The predicted octanol–water partition coefficient (Wildman–Crippen LogP) is 4.90. The minimum absolute atomic E-state index is 0.288. The standard InChI is InChI=1S/C28H35FN4O4S/c1-4-32(5-2)14-6-15-33(38(3,34)35)24-18-25-23(17-22(24)19-7-8-19)26(28-30-13-16-36-31-28)27(37-25)20-9-11-21(29)12-10-20/h9-12,17-19H,4-8,13-16H2,1-3H3,(H,30,31). The Labute approximate surface area is 223 Å². The summed E-state index contributed by atoms with van der Waals surface area (Å²) in [7, 11) is -3.53. The number of halogens is 1. The number of benzene rings is 2. The molecular formula is C28H35FN4O4S. The lowest BCUT2D eigenvalue weighted by Gasteiger charge is -2.26. The number of fused-ring (bicyclic) bond motifs is 1. The fourth-order valence-electron chi connectivity index (χ4n) is 5.06. The normalized spacial score (nSPS) is 15.9. The Morgan fingerprint density at radius 2 is 1.84 bits per heavy atom. The highest BCUT2D eigenvalue weighted by molar-refractivity contribution is 7.92. The van der Waals surface area contributed by atoms with Crippen LogP contribution in [0.15, 0.2) is 46.0 Å². The first-order valence-electron chi connectivity index (χ1n) is 13.3. The van der Waals surface area contributed by atoms with E-state index in [-0.39, 0.29) is 11.7 Å². The van der Waals surface area contributed by atoms with Gasteiger partial charge in [0.15, 0.2) is 5.84 Å². The van der Waals surface area contributed by atoms with Crippen LogP contribution >= 0.6 is 0 Å². The van der Waals surface area contributed by atoms with E-state index in [1.807, 2.05) is 6.07 Å². The first kappa shape index (κ1) is 26.5. The molecule has 2 aromatic carbocycles. The largest absolute Gasteiger partial charge is 0.455 e. The van der Waals surface area contributed by atoms with E-state index in [1.54, 1.807) is 12.1 Å². The van der Waals surface area contributed by atoms with Gasteiger partial charge in [0.2, 0.25) is 10.0 Å². The Balaban J connectivity index is 1.64. The molecule has 2 heterocycles. The van der Waals surface area contributed by atoms with E-state index < -0.39 is 10.0 Å². The Kier molecular flexibility index (Phi) is 7.63. The van der Waals surface area contributed by atoms with Crippen LogP contribution in [0.3, 0.4) is 0 Å². The number of hydrogen-bond acceptors (Lipinski definition) is 7. The number of oxime groups is 1. The fraction of sp³-hybridized carbons (Fsp3) is 0.464. The number of furan rings is 1. The Hall–Kier alpha value is -3.11. The zero-order valence-electron chi connectivity index (χ0n) is 22.2. The molecule has 38 heavy (non-hydrogen) atoms. The van der Waals surface area contributed by atoms with Crippen LogP contribution in [0, 0.1) is 5.82 Å². The Bertz CT molecular complexity index is 1430. The summed E-state index contributed by atoms with van der Waals surface area (Å²) < 4.78 is 47.7. The summed E-state index contributed by atoms with van der Waals surface area (Å²) >= 11 is 0. The average Bonchev–Trinajstić information content (AvgIpc) is 3.69. The van der Waals surface area contributed by atoms with Gasteiger partial charge in [-0.15, -0.1) is 0 Å². The van der Waals surface area contributed by atoms with Crippen LogP contribution in [-0.2, 0) is 14.9 Å². The second kappa shape index (κ2) is 10.9. The van der Waals surface area contributed by atoms with E-state index in [4.69, 9.17) is 9.25 Å². The van der Waals surface area contributed by atoms with E-state index in [0.717, 1.165) is 55.4 Å². The van der Waals surface area contributed by atoms with Crippen molar-refractivity contribution >= 4 is 32.5 Å². The third kappa shape index (κ3) is 5.51. The highest BCUT2D eigenvalue weighted by atomic mass is 32.2. The average molecular weight is 543 g/mol. The summed E-state index contributed by atoms with van der Waals surface area (Å²) in [5.41, 5.74) is 3.64. The molecule has 2 aliphatic rings. The fourth-order valence-corrected chi connectivity index (χ4v) is 6.04. The highest BCUT2D eigenvalue weighted by Gasteiger charge is 2.33. The summed E-state index contributed by atoms with van der Waals surface area (Å²) in [5, 5.41) is 8.36. The lowest BCUT2D eigenvalue weighted by atomic mass is 10.00. The molecule has 0 spiro atoms. The highest BCUT2D eigenvalue weighted by Crippen LogP contribution is 2.48. The molecule has 1 aliphatic heterocycles. The molecule has 1 aliphatic carbocycles. The van der Waals surface area contributed by atoms with Crippen LogP contribution in [0.2, 0.25) is 0 Å². The second-order valence-corrected chi connectivity index (χ2v) is 11.8. The van der Waals surface area contributed by atoms with E-state index in [9.17, 15) is 12.8 Å².